The summed E-state index contributed by atoms with van der Waals surface area (Å²) in [4.78, 5) is 4.63. The lowest BCUT2D eigenvalue weighted by atomic mass is 9.79. The molecular weight excluding hydrogens is 353 g/mol. The summed E-state index contributed by atoms with van der Waals surface area (Å²) in [5.41, 5.74) is 3.79. The number of rotatable bonds is 2. The molecule has 1 N–H and O–H groups in total. The average Bonchev–Trinajstić information content (AvgIpc) is 3.04. The van der Waals surface area contributed by atoms with Gasteiger partial charge < -0.3 is 5.32 Å². The molecule has 0 unspecified atom stereocenters. The fourth-order valence-electron chi connectivity index (χ4n) is 4.74. The third-order valence-electron chi connectivity index (χ3n) is 6.40. The molecule has 0 amide bonds. The monoisotopic (exact) mass is 380 g/mol. The van der Waals surface area contributed by atoms with E-state index in [2.05, 4.69) is 23.3 Å². The molecule has 2 aromatic rings. The van der Waals surface area contributed by atoms with Gasteiger partial charge >= 0.3 is 6.18 Å². The summed E-state index contributed by atoms with van der Waals surface area (Å²) in [5.74, 6) is -1.07. The molecule has 2 fully saturated rings. The highest BCUT2D eigenvalue weighted by atomic mass is 19.4. The summed E-state index contributed by atoms with van der Waals surface area (Å²) >= 11 is 0. The maximum Gasteiger partial charge on any atom is 0.391 e. The lowest BCUT2D eigenvalue weighted by Crippen LogP contribution is -2.42. The fraction of sp³-hybridized carbons (Fsp3) is 0.700. The predicted molar refractivity (Wildman–Crippen MR) is 97.9 cm³/mol. The highest BCUT2D eigenvalue weighted by Gasteiger charge is 2.42. The molecule has 148 valence electrons. The lowest BCUT2D eigenvalue weighted by Gasteiger charge is -2.34. The van der Waals surface area contributed by atoms with Crippen LogP contribution in [0.25, 0.3) is 5.65 Å². The molecule has 0 bridgehead atoms. The molecule has 2 aliphatic rings. The lowest BCUT2D eigenvalue weighted by molar-refractivity contribution is -0.182. The number of piperidine rings is 1. The number of fused-ring (bicyclic) bond motifs is 1. The van der Waals surface area contributed by atoms with Crippen LogP contribution in [0, 0.1) is 12.8 Å². The van der Waals surface area contributed by atoms with Gasteiger partial charge in [-0.2, -0.15) is 18.3 Å². The molecule has 1 aliphatic heterocycles. The maximum atomic E-state index is 12.9. The van der Waals surface area contributed by atoms with Crippen LogP contribution in [-0.4, -0.2) is 33.9 Å². The Labute approximate surface area is 157 Å². The van der Waals surface area contributed by atoms with Gasteiger partial charge in [0.1, 0.15) is 0 Å². The van der Waals surface area contributed by atoms with Crippen LogP contribution in [0.2, 0.25) is 0 Å². The summed E-state index contributed by atoms with van der Waals surface area (Å²) < 4.78 is 40.8. The Kier molecular flexibility index (Phi) is 4.69. The molecule has 4 rings (SSSR count). The first-order valence-electron chi connectivity index (χ1n) is 9.91. The van der Waals surface area contributed by atoms with Crippen LogP contribution < -0.4 is 5.32 Å². The molecule has 1 atom stereocenters. The van der Waals surface area contributed by atoms with Crippen molar-refractivity contribution < 1.29 is 13.2 Å². The van der Waals surface area contributed by atoms with Gasteiger partial charge in [-0.3, -0.25) is 0 Å². The summed E-state index contributed by atoms with van der Waals surface area (Å²) in [6.45, 7) is 6.18. The van der Waals surface area contributed by atoms with Crippen molar-refractivity contribution in [1.82, 2.24) is 19.9 Å². The molecule has 1 saturated carbocycles. The van der Waals surface area contributed by atoms with E-state index in [4.69, 9.17) is 5.10 Å². The van der Waals surface area contributed by atoms with Crippen molar-refractivity contribution in [1.29, 1.82) is 0 Å². The highest BCUT2D eigenvalue weighted by Crippen LogP contribution is 2.43. The molecule has 0 spiro atoms. The first-order chi connectivity index (χ1) is 12.8. The van der Waals surface area contributed by atoms with Crippen LogP contribution in [0.1, 0.15) is 68.4 Å². The third-order valence-corrected chi connectivity index (χ3v) is 6.40. The van der Waals surface area contributed by atoms with Gasteiger partial charge in [0.25, 0.3) is 0 Å². The Bertz CT molecular complexity index is 812. The molecule has 0 aromatic carbocycles. The number of hydrogen-bond acceptors (Lipinski definition) is 3. The quantitative estimate of drug-likeness (QED) is 0.833. The molecule has 27 heavy (non-hydrogen) atoms. The van der Waals surface area contributed by atoms with E-state index in [-0.39, 0.29) is 24.2 Å². The smallest absolute Gasteiger partial charge is 0.316 e. The van der Waals surface area contributed by atoms with Crippen LogP contribution in [0.5, 0.6) is 0 Å². The van der Waals surface area contributed by atoms with Crippen molar-refractivity contribution in [3.05, 3.63) is 29.2 Å². The third kappa shape index (κ3) is 3.58. The van der Waals surface area contributed by atoms with Gasteiger partial charge in [-0.05, 0) is 58.1 Å². The molecule has 2 aromatic heterocycles. The van der Waals surface area contributed by atoms with Gasteiger partial charge in [-0.15, -0.1) is 0 Å². The highest BCUT2D eigenvalue weighted by molar-refractivity contribution is 5.44. The summed E-state index contributed by atoms with van der Waals surface area (Å²) in [7, 11) is 0. The summed E-state index contributed by atoms with van der Waals surface area (Å²) in [6, 6.07) is 4.09. The minimum atomic E-state index is -4.07. The number of halogens is 3. The standard InChI is InChI=1S/C20H27F3N4/c1-13-10-17(19(2)8-3-9-24-12-19)27-18(25-13)11-16(26-27)14-4-6-15(7-5-14)20(21,22)23/h10-11,14-15,24H,3-9,12H2,1-2H3/t14-,15-,19-/m0/s1. The van der Waals surface area contributed by atoms with Gasteiger partial charge in [-0.25, -0.2) is 9.50 Å². The minimum Gasteiger partial charge on any atom is -0.316 e. The van der Waals surface area contributed by atoms with Crippen molar-refractivity contribution >= 4 is 5.65 Å². The van der Waals surface area contributed by atoms with Gasteiger partial charge in [0, 0.05) is 29.6 Å². The molecule has 4 nitrogen and oxygen atoms in total. The number of hydrogen-bond donors (Lipinski definition) is 1. The molecule has 0 radical (unpaired) electrons. The van der Waals surface area contributed by atoms with E-state index in [0.29, 0.717) is 12.8 Å². The predicted octanol–water partition coefficient (Wildman–Crippen LogP) is 4.51. The summed E-state index contributed by atoms with van der Waals surface area (Å²) in [6.07, 6.45) is -0.383. The Morgan fingerprint density at radius 1 is 1.19 bits per heavy atom. The zero-order valence-corrected chi connectivity index (χ0v) is 15.9. The Balaban J connectivity index is 1.64. The molecule has 3 heterocycles. The average molecular weight is 380 g/mol. The zero-order chi connectivity index (χ0) is 19.2. The maximum absolute atomic E-state index is 12.9. The van der Waals surface area contributed by atoms with Crippen LogP contribution in [-0.2, 0) is 5.41 Å². The van der Waals surface area contributed by atoms with Crippen molar-refractivity contribution in [2.75, 3.05) is 13.1 Å². The number of nitrogens with zero attached hydrogens (tertiary/aromatic N) is 3. The number of alkyl halides is 3. The fourth-order valence-corrected chi connectivity index (χ4v) is 4.74. The van der Waals surface area contributed by atoms with Crippen molar-refractivity contribution in [2.24, 2.45) is 5.92 Å². The Hall–Kier alpha value is -1.63. The molecule has 1 saturated heterocycles. The summed E-state index contributed by atoms with van der Waals surface area (Å²) in [5, 5.41) is 8.31. The molecular formula is C20H27F3N4. The largest absolute Gasteiger partial charge is 0.391 e. The number of aromatic nitrogens is 3. The van der Waals surface area contributed by atoms with E-state index in [9.17, 15) is 13.2 Å². The SMILES string of the molecule is Cc1cc([C@@]2(C)CCCNC2)n2nc([C@H]3CC[C@H](C(F)(F)F)CC3)cc2n1. The number of nitrogens with one attached hydrogen (secondary N) is 1. The normalized spacial score (nSPS) is 30.0. The van der Waals surface area contributed by atoms with Crippen LogP contribution in [0.3, 0.4) is 0 Å². The van der Waals surface area contributed by atoms with E-state index in [1.165, 1.54) is 0 Å². The van der Waals surface area contributed by atoms with Crippen LogP contribution in [0.4, 0.5) is 13.2 Å². The van der Waals surface area contributed by atoms with Gasteiger partial charge in [0.2, 0.25) is 0 Å². The van der Waals surface area contributed by atoms with Gasteiger partial charge in [-0.1, -0.05) is 6.92 Å². The first-order valence-corrected chi connectivity index (χ1v) is 9.91. The van der Waals surface area contributed by atoms with E-state index >= 15 is 0 Å². The second-order valence-electron chi connectivity index (χ2n) is 8.55. The number of aryl methyl sites for hydroxylation is 1. The van der Waals surface area contributed by atoms with E-state index < -0.39 is 12.1 Å². The molecule has 7 heteroatoms. The zero-order valence-electron chi connectivity index (χ0n) is 15.9. The molecule has 1 aliphatic carbocycles. The van der Waals surface area contributed by atoms with Crippen molar-refractivity contribution in [3.63, 3.8) is 0 Å². The Morgan fingerprint density at radius 3 is 2.56 bits per heavy atom. The van der Waals surface area contributed by atoms with Gasteiger partial charge in [0.15, 0.2) is 5.65 Å². The Morgan fingerprint density at radius 2 is 1.93 bits per heavy atom. The van der Waals surface area contributed by atoms with Gasteiger partial charge in [0.05, 0.1) is 17.3 Å². The van der Waals surface area contributed by atoms with E-state index in [1.807, 2.05) is 17.5 Å². The van der Waals surface area contributed by atoms with Crippen molar-refractivity contribution in [3.8, 4) is 0 Å². The second kappa shape index (κ2) is 6.76. The minimum absolute atomic E-state index is 0.0125. The van der Waals surface area contributed by atoms with Crippen LogP contribution >= 0.6 is 0 Å². The topological polar surface area (TPSA) is 42.2 Å². The second-order valence-corrected chi connectivity index (χ2v) is 8.55. The van der Waals surface area contributed by atoms with E-state index in [1.54, 1.807) is 0 Å². The van der Waals surface area contributed by atoms with Crippen LogP contribution in [0.15, 0.2) is 12.1 Å². The van der Waals surface area contributed by atoms with E-state index in [0.717, 1.165) is 48.7 Å². The first kappa shape index (κ1) is 18.7. The van der Waals surface area contributed by atoms with Crippen molar-refractivity contribution in [2.45, 2.75) is 69.9 Å².